The van der Waals surface area contributed by atoms with Crippen molar-refractivity contribution in [3.63, 3.8) is 0 Å². The van der Waals surface area contributed by atoms with Crippen LogP contribution in [0.3, 0.4) is 0 Å². The zero-order chi connectivity index (χ0) is 10.3. The number of hydrogen-bond donors (Lipinski definition) is 0. The third-order valence-electron chi connectivity index (χ3n) is 0.973. The molecule has 0 N–H and O–H groups in total. The Kier molecular flexibility index (Phi) is 5.57. The van der Waals surface area contributed by atoms with Crippen molar-refractivity contribution in [2.24, 2.45) is 0 Å². The van der Waals surface area contributed by atoms with Gasteiger partial charge in [-0.1, -0.05) is 0 Å². The van der Waals surface area contributed by atoms with E-state index in [4.69, 9.17) is 18.6 Å². The van der Waals surface area contributed by atoms with E-state index >= 15 is 0 Å². The van der Waals surface area contributed by atoms with Crippen LogP contribution in [0.1, 0.15) is 0 Å². The van der Waals surface area contributed by atoms with Gasteiger partial charge in [0.15, 0.2) is 13.1 Å². The molecule has 0 bridgehead atoms. The smallest absolute Gasteiger partial charge is 0.301 e. The first-order valence-electron chi connectivity index (χ1n) is 4.03. The van der Waals surface area contributed by atoms with Crippen molar-refractivity contribution in [2.45, 2.75) is 19.6 Å². The van der Waals surface area contributed by atoms with E-state index in [0.717, 1.165) is 0 Å². The fourth-order valence-electron chi connectivity index (χ4n) is 0.586. The fraction of sp³-hybridized carbons (Fsp3) is 0.750. The van der Waals surface area contributed by atoms with E-state index < -0.39 is 8.32 Å². The maximum Gasteiger partial charge on any atom is 0.301 e. The highest BCUT2D eigenvalue weighted by Gasteiger charge is 2.18. The molecule has 0 aromatic carbocycles. The summed E-state index contributed by atoms with van der Waals surface area (Å²) >= 11 is 0. The molecule has 0 aliphatic rings. The Morgan fingerprint density at radius 1 is 1.23 bits per heavy atom. The fourth-order valence-corrected chi connectivity index (χ4v) is 1.32. The number of ether oxygens (including phenoxy) is 3. The minimum atomic E-state index is -1.62. The van der Waals surface area contributed by atoms with Gasteiger partial charge in [0.05, 0.1) is 7.11 Å². The highest BCUT2D eigenvalue weighted by atomic mass is 28.4. The largest absolute Gasteiger partial charge is 0.518 e. The van der Waals surface area contributed by atoms with Crippen LogP contribution in [0.2, 0.25) is 19.6 Å². The summed E-state index contributed by atoms with van der Waals surface area (Å²) in [6.07, 6.45) is 1.42. The van der Waals surface area contributed by atoms with Gasteiger partial charge >= 0.3 is 5.95 Å². The van der Waals surface area contributed by atoms with Gasteiger partial charge in [0.25, 0.3) is 0 Å². The molecule has 0 saturated heterocycles. The summed E-state index contributed by atoms with van der Waals surface area (Å²) in [6, 6.07) is 0. The van der Waals surface area contributed by atoms with Gasteiger partial charge in [-0.05, 0) is 19.6 Å². The van der Waals surface area contributed by atoms with Crippen LogP contribution in [0.25, 0.3) is 0 Å². The summed E-state index contributed by atoms with van der Waals surface area (Å²) in [5.41, 5.74) is 0. The van der Waals surface area contributed by atoms with Gasteiger partial charge in [-0.3, -0.25) is 0 Å². The molecule has 0 heterocycles. The van der Waals surface area contributed by atoms with E-state index in [2.05, 4.69) is 19.6 Å². The minimum absolute atomic E-state index is 0.196. The lowest BCUT2D eigenvalue weighted by atomic mass is 10.9. The normalized spacial score (nSPS) is 12.5. The molecule has 0 radical (unpaired) electrons. The van der Waals surface area contributed by atoms with Crippen molar-refractivity contribution in [2.75, 3.05) is 21.0 Å². The molecule has 4 nitrogen and oxygen atoms in total. The summed E-state index contributed by atoms with van der Waals surface area (Å²) in [5, 5.41) is 0. The molecule has 13 heavy (non-hydrogen) atoms. The quantitative estimate of drug-likeness (QED) is 0.288. The molecule has 78 valence electrons. The minimum Gasteiger partial charge on any atom is -0.518 e. The molecule has 0 spiro atoms. The van der Waals surface area contributed by atoms with Crippen molar-refractivity contribution in [3.05, 3.63) is 12.2 Å². The Bertz CT molecular complexity index is 162. The zero-order valence-corrected chi connectivity index (χ0v) is 9.92. The van der Waals surface area contributed by atoms with E-state index in [-0.39, 0.29) is 6.79 Å². The number of hydrogen-bond acceptors (Lipinski definition) is 4. The second-order valence-electron chi connectivity index (χ2n) is 3.43. The predicted octanol–water partition coefficient (Wildman–Crippen LogP) is 1.90. The third-order valence-corrected chi connectivity index (χ3v) is 1.79. The van der Waals surface area contributed by atoms with Crippen LogP contribution in [0.4, 0.5) is 0 Å². The number of rotatable bonds is 6. The van der Waals surface area contributed by atoms with Crippen LogP contribution in [-0.2, 0) is 18.6 Å². The summed E-state index contributed by atoms with van der Waals surface area (Å²) in [6.45, 7) is 6.39. The molecule has 0 fully saturated rings. The third kappa shape index (κ3) is 7.67. The Morgan fingerprint density at radius 3 is 2.23 bits per heavy atom. The number of methoxy groups -OCH3 is 2. The zero-order valence-electron chi connectivity index (χ0n) is 8.92. The molecule has 0 aliphatic carbocycles. The standard InChI is InChI=1S/C8H18O4Si/c1-9-7-11-6-8(10-2)12-13(3,4)5/h6H,7H2,1-5H3/b8-6-. The lowest BCUT2D eigenvalue weighted by Crippen LogP contribution is -2.25. The molecule has 0 aliphatic heterocycles. The molecule has 0 aromatic rings. The lowest BCUT2D eigenvalue weighted by molar-refractivity contribution is 0.00721. The van der Waals surface area contributed by atoms with Crippen LogP contribution < -0.4 is 0 Å². The molecule has 0 amide bonds. The SMILES string of the molecule is COCO/C=C(/OC)O[Si](C)(C)C. The van der Waals surface area contributed by atoms with Gasteiger partial charge in [0.2, 0.25) is 8.32 Å². The average Bonchev–Trinajstić information content (AvgIpc) is 2.01. The Labute approximate surface area is 80.6 Å². The molecule has 5 heteroatoms. The van der Waals surface area contributed by atoms with Crippen molar-refractivity contribution in [3.8, 4) is 0 Å². The molecule has 0 atom stereocenters. The Hall–Kier alpha value is -0.683. The summed E-state index contributed by atoms with van der Waals surface area (Å²) < 4.78 is 20.2. The van der Waals surface area contributed by atoms with Gasteiger partial charge in [-0.25, -0.2) is 0 Å². The van der Waals surface area contributed by atoms with Gasteiger partial charge in [-0.15, -0.1) is 0 Å². The van der Waals surface area contributed by atoms with Crippen molar-refractivity contribution >= 4 is 8.32 Å². The first-order chi connectivity index (χ1) is 5.99. The lowest BCUT2D eigenvalue weighted by Gasteiger charge is -2.19. The van der Waals surface area contributed by atoms with Gasteiger partial charge in [-0.2, -0.15) is 0 Å². The molecular weight excluding hydrogens is 188 g/mol. The van der Waals surface area contributed by atoms with E-state index in [1.165, 1.54) is 6.26 Å². The van der Waals surface area contributed by atoms with E-state index in [0.29, 0.717) is 5.95 Å². The maximum atomic E-state index is 5.53. The molecule has 0 unspecified atom stereocenters. The Morgan fingerprint density at radius 2 is 1.85 bits per heavy atom. The van der Waals surface area contributed by atoms with Gasteiger partial charge in [0, 0.05) is 7.11 Å². The first kappa shape index (κ1) is 12.3. The van der Waals surface area contributed by atoms with Crippen molar-refractivity contribution in [1.82, 2.24) is 0 Å². The highest BCUT2D eigenvalue weighted by molar-refractivity contribution is 6.69. The molecule has 0 aromatic heterocycles. The van der Waals surface area contributed by atoms with E-state index in [1.54, 1.807) is 14.2 Å². The highest BCUT2D eigenvalue weighted by Crippen LogP contribution is 2.10. The van der Waals surface area contributed by atoms with E-state index in [1.807, 2.05) is 0 Å². The second kappa shape index (κ2) is 5.88. The molecule has 0 saturated carbocycles. The van der Waals surface area contributed by atoms with Crippen LogP contribution in [-0.4, -0.2) is 29.3 Å². The molecular formula is C8H18O4Si. The van der Waals surface area contributed by atoms with Gasteiger partial charge < -0.3 is 18.6 Å². The predicted molar refractivity (Wildman–Crippen MR) is 52.5 cm³/mol. The van der Waals surface area contributed by atoms with Gasteiger partial charge in [0.1, 0.15) is 0 Å². The maximum absolute atomic E-state index is 5.53. The topological polar surface area (TPSA) is 36.9 Å². The van der Waals surface area contributed by atoms with Crippen molar-refractivity contribution in [1.29, 1.82) is 0 Å². The Balaban J connectivity index is 3.94. The average molecular weight is 206 g/mol. The van der Waals surface area contributed by atoms with Crippen molar-refractivity contribution < 1.29 is 18.6 Å². The summed E-state index contributed by atoms with van der Waals surface area (Å²) in [7, 11) is 1.48. The van der Waals surface area contributed by atoms with Crippen LogP contribution in [0.5, 0.6) is 0 Å². The first-order valence-corrected chi connectivity index (χ1v) is 7.44. The van der Waals surface area contributed by atoms with Crippen LogP contribution in [0, 0.1) is 0 Å². The van der Waals surface area contributed by atoms with E-state index in [9.17, 15) is 0 Å². The molecule has 0 rings (SSSR count). The summed E-state index contributed by atoms with van der Waals surface area (Å²) in [4.78, 5) is 0. The summed E-state index contributed by atoms with van der Waals surface area (Å²) in [5.74, 6) is 0.399. The monoisotopic (exact) mass is 206 g/mol. The second-order valence-corrected chi connectivity index (χ2v) is 7.86. The van der Waals surface area contributed by atoms with Crippen LogP contribution in [0.15, 0.2) is 12.2 Å². The van der Waals surface area contributed by atoms with Crippen LogP contribution >= 0.6 is 0 Å².